The molecule has 2 saturated heterocycles. The van der Waals surface area contributed by atoms with Gasteiger partial charge in [0.25, 0.3) is 0 Å². The fourth-order valence-corrected chi connectivity index (χ4v) is 3.77. The smallest absolute Gasteiger partial charge is 0.0367 e. The van der Waals surface area contributed by atoms with E-state index in [1.54, 1.807) is 0 Å². The van der Waals surface area contributed by atoms with Crippen LogP contribution < -0.4 is 10.2 Å². The molecule has 2 heterocycles. The van der Waals surface area contributed by atoms with E-state index in [1.807, 2.05) is 0 Å². The van der Waals surface area contributed by atoms with Crippen molar-refractivity contribution in [2.75, 3.05) is 44.2 Å². The van der Waals surface area contributed by atoms with Crippen LogP contribution in [0.4, 0.5) is 5.69 Å². The minimum Gasteiger partial charge on any atom is -0.369 e. The van der Waals surface area contributed by atoms with Gasteiger partial charge in [-0.25, -0.2) is 0 Å². The maximum Gasteiger partial charge on any atom is 0.0367 e. The molecule has 2 fully saturated rings. The van der Waals surface area contributed by atoms with E-state index in [1.165, 1.54) is 56.7 Å². The molecule has 0 amide bonds. The Bertz CT molecular complexity index is 440. The van der Waals surface area contributed by atoms with Gasteiger partial charge in [-0.05, 0) is 69.8 Å². The summed E-state index contributed by atoms with van der Waals surface area (Å²) < 4.78 is 0. The minimum atomic E-state index is 0.675. The van der Waals surface area contributed by atoms with Gasteiger partial charge in [-0.15, -0.1) is 0 Å². The predicted molar refractivity (Wildman–Crippen MR) is 94.7 cm³/mol. The third-order valence-electron chi connectivity index (χ3n) is 5.27. The van der Waals surface area contributed by atoms with E-state index in [0.717, 1.165) is 19.0 Å². The average Bonchev–Trinajstić information content (AvgIpc) is 2.57. The Balaban J connectivity index is 1.53. The molecule has 0 spiro atoms. The highest BCUT2D eigenvalue weighted by atomic mass is 15.3. The molecule has 2 aliphatic heterocycles. The van der Waals surface area contributed by atoms with Gasteiger partial charge in [0.2, 0.25) is 0 Å². The van der Waals surface area contributed by atoms with Crippen molar-refractivity contribution in [1.82, 2.24) is 10.2 Å². The van der Waals surface area contributed by atoms with E-state index in [2.05, 4.69) is 53.2 Å². The molecule has 0 aliphatic carbocycles. The van der Waals surface area contributed by atoms with Gasteiger partial charge in [0.15, 0.2) is 0 Å². The van der Waals surface area contributed by atoms with Gasteiger partial charge >= 0.3 is 0 Å². The van der Waals surface area contributed by atoms with Crippen LogP contribution in [-0.2, 0) is 6.42 Å². The van der Waals surface area contributed by atoms with Crippen LogP contribution in [0, 0.1) is 5.92 Å². The van der Waals surface area contributed by atoms with Gasteiger partial charge in [0.1, 0.15) is 0 Å². The molecular formula is C19H31N3. The number of piperidine rings is 1. The Morgan fingerprint density at radius 2 is 1.82 bits per heavy atom. The predicted octanol–water partition coefficient (Wildman–Crippen LogP) is 2.76. The molecule has 122 valence electrons. The van der Waals surface area contributed by atoms with Gasteiger partial charge in [-0.1, -0.05) is 12.1 Å². The third-order valence-corrected chi connectivity index (χ3v) is 5.27. The molecule has 1 unspecified atom stereocenters. The van der Waals surface area contributed by atoms with Crippen molar-refractivity contribution in [3.63, 3.8) is 0 Å². The molecule has 3 heteroatoms. The number of hydrogen-bond donors (Lipinski definition) is 1. The molecule has 0 aromatic heterocycles. The molecule has 0 bridgehead atoms. The number of nitrogens with zero attached hydrogens (tertiary/aromatic N) is 2. The SMILES string of the molecule is CC(C)N1CCN(c2ccc(CC3CCCNC3)cc2)CC1. The standard InChI is InChI=1S/C19H31N3/c1-16(2)21-10-12-22(13-11-21)19-7-5-17(6-8-19)14-18-4-3-9-20-15-18/h5-8,16,18,20H,3-4,9-15H2,1-2H3. The first-order valence-corrected chi connectivity index (χ1v) is 9.01. The summed E-state index contributed by atoms with van der Waals surface area (Å²) in [5.74, 6) is 0.828. The molecule has 3 nitrogen and oxygen atoms in total. The number of hydrogen-bond acceptors (Lipinski definition) is 3. The molecule has 0 radical (unpaired) electrons. The third kappa shape index (κ3) is 4.02. The molecule has 3 rings (SSSR count). The zero-order valence-corrected chi connectivity index (χ0v) is 14.2. The number of nitrogens with one attached hydrogen (secondary N) is 1. The van der Waals surface area contributed by atoms with Crippen LogP contribution >= 0.6 is 0 Å². The molecule has 1 N–H and O–H groups in total. The van der Waals surface area contributed by atoms with E-state index >= 15 is 0 Å². The van der Waals surface area contributed by atoms with E-state index < -0.39 is 0 Å². The molecule has 1 aromatic rings. The lowest BCUT2D eigenvalue weighted by Crippen LogP contribution is -2.48. The summed E-state index contributed by atoms with van der Waals surface area (Å²) in [4.78, 5) is 5.10. The first-order chi connectivity index (χ1) is 10.7. The van der Waals surface area contributed by atoms with Crippen LogP contribution in [0.25, 0.3) is 0 Å². The van der Waals surface area contributed by atoms with Gasteiger partial charge in [0, 0.05) is 37.9 Å². The highest BCUT2D eigenvalue weighted by molar-refractivity contribution is 5.48. The van der Waals surface area contributed by atoms with Gasteiger partial charge < -0.3 is 10.2 Å². The average molecular weight is 301 g/mol. The number of rotatable bonds is 4. The normalized spacial score (nSPS) is 24.0. The maximum atomic E-state index is 3.52. The van der Waals surface area contributed by atoms with E-state index in [4.69, 9.17) is 0 Å². The van der Waals surface area contributed by atoms with E-state index in [0.29, 0.717) is 6.04 Å². The van der Waals surface area contributed by atoms with Crippen molar-refractivity contribution >= 4 is 5.69 Å². The lowest BCUT2D eigenvalue weighted by Gasteiger charge is -2.38. The van der Waals surface area contributed by atoms with Crippen LogP contribution in [0.15, 0.2) is 24.3 Å². The first kappa shape index (κ1) is 15.8. The summed E-state index contributed by atoms with van der Waals surface area (Å²) in [6.45, 7) is 11.7. The largest absolute Gasteiger partial charge is 0.369 e. The zero-order chi connectivity index (χ0) is 15.4. The van der Waals surface area contributed by atoms with Crippen molar-refractivity contribution in [2.24, 2.45) is 5.92 Å². The highest BCUT2D eigenvalue weighted by Gasteiger charge is 2.19. The van der Waals surface area contributed by atoms with Gasteiger partial charge in [-0.3, -0.25) is 4.90 Å². The van der Waals surface area contributed by atoms with E-state index in [9.17, 15) is 0 Å². The summed E-state index contributed by atoms with van der Waals surface area (Å²) in [6.07, 6.45) is 3.95. The molecule has 1 aromatic carbocycles. The van der Waals surface area contributed by atoms with Crippen molar-refractivity contribution in [2.45, 2.75) is 39.2 Å². The topological polar surface area (TPSA) is 18.5 Å². The number of anilines is 1. The quantitative estimate of drug-likeness (QED) is 0.922. The Kier molecular flexibility index (Phi) is 5.37. The molecule has 0 saturated carbocycles. The minimum absolute atomic E-state index is 0.675. The van der Waals surface area contributed by atoms with Crippen molar-refractivity contribution in [3.05, 3.63) is 29.8 Å². The fraction of sp³-hybridized carbons (Fsp3) is 0.684. The number of benzene rings is 1. The molecule has 2 aliphatic rings. The second-order valence-electron chi connectivity index (χ2n) is 7.20. The highest BCUT2D eigenvalue weighted by Crippen LogP contribution is 2.21. The monoisotopic (exact) mass is 301 g/mol. The second kappa shape index (κ2) is 7.47. The summed E-state index contributed by atoms with van der Waals surface area (Å²) in [5, 5.41) is 3.52. The van der Waals surface area contributed by atoms with Gasteiger partial charge in [-0.2, -0.15) is 0 Å². The lowest BCUT2D eigenvalue weighted by molar-refractivity contribution is 0.209. The summed E-state index contributed by atoms with van der Waals surface area (Å²) in [6, 6.07) is 10.0. The summed E-state index contributed by atoms with van der Waals surface area (Å²) in [5.41, 5.74) is 2.90. The Morgan fingerprint density at radius 3 is 2.41 bits per heavy atom. The zero-order valence-electron chi connectivity index (χ0n) is 14.2. The van der Waals surface area contributed by atoms with Crippen LogP contribution in [0.2, 0.25) is 0 Å². The van der Waals surface area contributed by atoms with Gasteiger partial charge in [0.05, 0.1) is 0 Å². The van der Waals surface area contributed by atoms with E-state index in [-0.39, 0.29) is 0 Å². The molecular weight excluding hydrogens is 270 g/mol. The summed E-state index contributed by atoms with van der Waals surface area (Å²) >= 11 is 0. The molecule has 1 atom stereocenters. The van der Waals surface area contributed by atoms with Crippen LogP contribution in [-0.4, -0.2) is 50.2 Å². The van der Waals surface area contributed by atoms with Crippen molar-refractivity contribution in [3.8, 4) is 0 Å². The Hall–Kier alpha value is -1.06. The second-order valence-corrected chi connectivity index (χ2v) is 7.20. The van der Waals surface area contributed by atoms with Crippen molar-refractivity contribution < 1.29 is 0 Å². The van der Waals surface area contributed by atoms with Crippen LogP contribution in [0.5, 0.6) is 0 Å². The summed E-state index contributed by atoms with van der Waals surface area (Å²) in [7, 11) is 0. The van der Waals surface area contributed by atoms with Crippen LogP contribution in [0.3, 0.4) is 0 Å². The number of piperazine rings is 1. The molecule has 22 heavy (non-hydrogen) atoms. The Morgan fingerprint density at radius 1 is 1.09 bits per heavy atom. The first-order valence-electron chi connectivity index (χ1n) is 9.01. The van der Waals surface area contributed by atoms with Crippen molar-refractivity contribution in [1.29, 1.82) is 0 Å². The van der Waals surface area contributed by atoms with Crippen LogP contribution in [0.1, 0.15) is 32.3 Å². The maximum absolute atomic E-state index is 3.52. The Labute approximate surface area is 135 Å². The fourth-order valence-electron chi connectivity index (χ4n) is 3.77. The lowest BCUT2D eigenvalue weighted by atomic mass is 9.92.